The fraction of sp³-hybridized carbons (Fsp3) is 0.143. The van der Waals surface area contributed by atoms with Gasteiger partial charge in [0, 0.05) is 0 Å². The van der Waals surface area contributed by atoms with Gasteiger partial charge in [0.25, 0.3) is 0 Å². The number of rotatable bonds is 1. The van der Waals surface area contributed by atoms with Crippen LogP contribution in [-0.4, -0.2) is 17.7 Å². The third-order valence-corrected chi connectivity index (χ3v) is 1.54. The van der Waals surface area contributed by atoms with Crippen molar-refractivity contribution in [1.29, 1.82) is 0 Å². The minimum atomic E-state index is 0.532. The van der Waals surface area contributed by atoms with Gasteiger partial charge in [-0.05, 0) is 12.2 Å². The third-order valence-electron chi connectivity index (χ3n) is 1.21. The van der Waals surface area contributed by atoms with Gasteiger partial charge in [-0.2, -0.15) is 0 Å². The molecule has 4 heteroatoms. The number of thiocarbonyl (C=S) groups is 1. The highest BCUT2D eigenvalue weighted by atomic mass is 32.1. The van der Waals surface area contributed by atoms with Crippen LogP contribution in [0.5, 0.6) is 0 Å². The Balaban J connectivity index is 2.96. The molecule has 3 nitrogen and oxygen atoms in total. The first-order valence-electron chi connectivity index (χ1n) is 3.05. The van der Waals surface area contributed by atoms with Crippen LogP contribution < -0.4 is 5.73 Å². The van der Waals surface area contributed by atoms with Crippen molar-refractivity contribution in [3.05, 3.63) is 23.9 Å². The molecule has 1 aliphatic rings. The van der Waals surface area contributed by atoms with E-state index in [1.54, 1.807) is 18.2 Å². The molecule has 0 saturated heterocycles. The minimum Gasteiger partial charge on any atom is -0.399 e. The Labute approximate surface area is 70.2 Å². The van der Waals surface area contributed by atoms with Gasteiger partial charge < -0.3 is 10.6 Å². The summed E-state index contributed by atoms with van der Waals surface area (Å²) in [7, 11) is 1.46. The molecule has 0 spiro atoms. The number of hydrogen-bond donors (Lipinski definition) is 1. The zero-order valence-electron chi connectivity index (χ0n) is 6.07. The van der Waals surface area contributed by atoms with Gasteiger partial charge in [0.2, 0.25) is 0 Å². The summed E-state index contributed by atoms with van der Waals surface area (Å²) in [5.74, 6) is 0. The maximum Gasteiger partial charge on any atom is 0.143 e. The summed E-state index contributed by atoms with van der Waals surface area (Å²) in [5.41, 5.74) is 6.64. The van der Waals surface area contributed by atoms with Crippen molar-refractivity contribution < 1.29 is 4.84 Å². The molecule has 0 aliphatic heterocycles. The van der Waals surface area contributed by atoms with E-state index in [-0.39, 0.29) is 0 Å². The van der Waals surface area contributed by atoms with Crippen molar-refractivity contribution in [2.45, 2.75) is 0 Å². The Bertz CT molecular complexity index is 266. The van der Waals surface area contributed by atoms with Crippen molar-refractivity contribution in [2.75, 3.05) is 7.11 Å². The topological polar surface area (TPSA) is 47.6 Å². The van der Waals surface area contributed by atoms with Crippen LogP contribution in [-0.2, 0) is 4.84 Å². The van der Waals surface area contributed by atoms with Crippen LogP contribution in [0.4, 0.5) is 0 Å². The highest BCUT2D eigenvalue weighted by Crippen LogP contribution is 2.03. The van der Waals surface area contributed by atoms with Crippen molar-refractivity contribution in [3.63, 3.8) is 0 Å². The zero-order valence-corrected chi connectivity index (χ0v) is 6.89. The Hall–Kier alpha value is -1.16. The lowest BCUT2D eigenvalue weighted by Crippen LogP contribution is -2.21. The van der Waals surface area contributed by atoms with Gasteiger partial charge in [0.15, 0.2) is 0 Å². The Morgan fingerprint density at radius 2 is 2.36 bits per heavy atom. The van der Waals surface area contributed by atoms with Crippen LogP contribution in [0.2, 0.25) is 0 Å². The van der Waals surface area contributed by atoms with Crippen LogP contribution >= 0.6 is 12.2 Å². The van der Waals surface area contributed by atoms with E-state index >= 15 is 0 Å². The van der Waals surface area contributed by atoms with E-state index in [2.05, 4.69) is 9.99 Å². The Morgan fingerprint density at radius 3 is 2.91 bits per heavy atom. The molecule has 1 rings (SSSR count). The van der Waals surface area contributed by atoms with E-state index in [0.29, 0.717) is 16.3 Å². The fourth-order valence-electron chi connectivity index (χ4n) is 0.728. The molecular formula is C7H8N2OS. The van der Waals surface area contributed by atoms with Crippen LogP contribution in [0.1, 0.15) is 0 Å². The summed E-state index contributed by atoms with van der Waals surface area (Å²) in [6.45, 7) is 0. The van der Waals surface area contributed by atoms with Gasteiger partial charge in [-0.1, -0.05) is 23.4 Å². The van der Waals surface area contributed by atoms with Gasteiger partial charge in [0.05, 0.1) is 10.6 Å². The predicted molar refractivity (Wildman–Crippen MR) is 48.5 cm³/mol. The molecule has 0 saturated carbocycles. The molecule has 0 bridgehead atoms. The summed E-state index contributed by atoms with van der Waals surface area (Å²) in [6.07, 6.45) is 5.27. The zero-order chi connectivity index (χ0) is 8.27. The first-order chi connectivity index (χ1) is 5.25. The standard InChI is InChI=1S/C7H8N2OS/c1-10-9-7-5(8)3-2-4-6(7)11/h2-4H,8H2,1H3/b9-7+. The fourth-order valence-corrected chi connectivity index (χ4v) is 0.962. The molecule has 11 heavy (non-hydrogen) atoms. The molecule has 0 amide bonds. The molecule has 0 heterocycles. The molecule has 0 radical (unpaired) electrons. The maximum atomic E-state index is 5.57. The van der Waals surface area contributed by atoms with Gasteiger partial charge >= 0.3 is 0 Å². The number of nitrogens with two attached hydrogens (primary N) is 1. The molecule has 0 aromatic heterocycles. The van der Waals surface area contributed by atoms with E-state index in [9.17, 15) is 0 Å². The van der Waals surface area contributed by atoms with Crippen molar-refractivity contribution >= 4 is 22.8 Å². The minimum absolute atomic E-state index is 0.532. The second-order valence-corrected chi connectivity index (χ2v) is 2.41. The molecule has 2 N–H and O–H groups in total. The van der Waals surface area contributed by atoms with Crippen LogP contribution in [0.15, 0.2) is 29.1 Å². The summed E-state index contributed by atoms with van der Waals surface area (Å²) in [5, 5.41) is 3.68. The molecule has 0 atom stereocenters. The lowest BCUT2D eigenvalue weighted by atomic mass is 10.1. The quantitative estimate of drug-likeness (QED) is 0.464. The third kappa shape index (κ3) is 1.65. The van der Waals surface area contributed by atoms with Gasteiger partial charge in [-0.3, -0.25) is 0 Å². The van der Waals surface area contributed by atoms with Crippen molar-refractivity contribution in [1.82, 2.24) is 0 Å². The molecular weight excluding hydrogens is 160 g/mol. The summed E-state index contributed by atoms with van der Waals surface area (Å²) in [4.78, 5) is 5.17. The second-order valence-electron chi connectivity index (χ2n) is 1.97. The number of allylic oxidation sites excluding steroid dienone is 4. The average molecular weight is 168 g/mol. The largest absolute Gasteiger partial charge is 0.399 e. The Kier molecular flexibility index (Phi) is 2.38. The van der Waals surface area contributed by atoms with Gasteiger partial charge in [-0.15, -0.1) is 0 Å². The molecule has 0 aromatic carbocycles. The molecule has 0 fully saturated rings. The highest BCUT2D eigenvalue weighted by molar-refractivity contribution is 7.82. The van der Waals surface area contributed by atoms with Gasteiger partial charge in [-0.25, -0.2) is 0 Å². The smallest absolute Gasteiger partial charge is 0.143 e. The Morgan fingerprint density at radius 1 is 1.64 bits per heavy atom. The van der Waals surface area contributed by atoms with Crippen LogP contribution in [0.25, 0.3) is 0 Å². The normalized spacial score (nSPS) is 20.3. The van der Waals surface area contributed by atoms with Crippen molar-refractivity contribution in [2.24, 2.45) is 10.9 Å². The van der Waals surface area contributed by atoms with E-state index in [0.717, 1.165) is 0 Å². The maximum absolute atomic E-state index is 5.57. The van der Waals surface area contributed by atoms with Crippen LogP contribution in [0.3, 0.4) is 0 Å². The first-order valence-corrected chi connectivity index (χ1v) is 3.46. The second kappa shape index (κ2) is 3.30. The summed E-state index contributed by atoms with van der Waals surface area (Å²) in [6, 6.07) is 0. The molecule has 0 aromatic rings. The predicted octanol–water partition coefficient (Wildman–Crippen LogP) is 0.771. The van der Waals surface area contributed by atoms with Gasteiger partial charge in [0.1, 0.15) is 12.8 Å². The summed E-state index contributed by atoms with van der Waals surface area (Å²) < 4.78 is 0. The summed E-state index contributed by atoms with van der Waals surface area (Å²) >= 11 is 4.95. The highest BCUT2D eigenvalue weighted by Gasteiger charge is 2.10. The molecule has 0 unspecified atom stereocenters. The number of hydrogen-bond acceptors (Lipinski definition) is 4. The average Bonchev–Trinajstić information content (AvgIpc) is 1.97. The number of oxime groups is 1. The van der Waals surface area contributed by atoms with Crippen molar-refractivity contribution in [3.8, 4) is 0 Å². The molecule has 58 valence electrons. The lowest BCUT2D eigenvalue weighted by Gasteiger charge is -2.06. The van der Waals surface area contributed by atoms with Crippen LogP contribution in [0, 0.1) is 0 Å². The SMILES string of the molecule is CO/N=C1/C(=S)C=CC=C1N. The van der Waals surface area contributed by atoms with E-state index < -0.39 is 0 Å². The lowest BCUT2D eigenvalue weighted by molar-refractivity contribution is 0.214. The van der Waals surface area contributed by atoms with E-state index in [1.807, 2.05) is 0 Å². The monoisotopic (exact) mass is 168 g/mol. The first kappa shape index (κ1) is 7.94. The number of nitrogens with zero attached hydrogens (tertiary/aromatic N) is 1. The van der Waals surface area contributed by atoms with E-state index in [1.165, 1.54) is 7.11 Å². The molecule has 1 aliphatic carbocycles. The van der Waals surface area contributed by atoms with E-state index in [4.69, 9.17) is 18.0 Å².